The fourth-order valence-corrected chi connectivity index (χ4v) is 5.31. The van der Waals surface area contributed by atoms with Crippen LogP contribution in [-0.4, -0.2) is 13.4 Å². The maximum Gasteiger partial charge on any atom is 0.263 e. The van der Waals surface area contributed by atoms with Crippen molar-refractivity contribution < 1.29 is 8.42 Å². The minimum atomic E-state index is -3.73. The normalized spacial score (nSPS) is 11.6. The summed E-state index contributed by atoms with van der Waals surface area (Å²) in [6, 6.07) is 21.7. The van der Waals surface area contributed by atoms with Crippen LogP contribution in [0.1, 0.15) is 10.6 Å². The fourth-order valence-electron chi connectivity index (χ4n) is 2.73. The van der Waals surface area contributed by atoms with E-state index in [2.05, 4.69) is 15.8 Å². The van der Waals surface area contributed by atoms with Crippen molar-refractivity contribution in [2.24, 2.45) is 0 Å². The lowest BCUT2D eigenvalue weighted by Crippen LogP contribution is -2.13. The van der Waals surface area contributed by atoms with Gasteiger partial charge in [-0.1, -0.05) is 48.0 Å². The van der Waals surface area contributed by atoms with Crippen LogP contribution in [0, 0.1) is 0 Å². The zero-order valence-electron chi connectivity index (χ0n) is 14.1. The minimum Gasteiger partial charge on any atom is -0.280 e. The summed E-state index contributed by atoms with van der Waals surface area (Å²) in [6.07, 6.45) is 0.705. The molecule has 27 heavy (non-hydrogen) atoms. The predicted octanol–water partition coefficient (Wildman–Crippen LogP) is 5.34. The van der Waals surface area contributed by atoms with Gasteiger partial charge in [0.2, 0.25) is 0 Å². The van der Waals surface area contributed by atoms with Crippen LogP contribution in [-0.2, 0) is 16.4 Å². The highest BCUT2D eigenvalue weighted by atomic mass is 35.5. The lowest BCUT2D eigenvalue weighted by Gasteiger charge is -2.10. The molecule has 3 aromatic carbocycles. The van der Waals surface area contributed by atoms with Gasteiger partial charge in [-0.15, -0.1) is 11.3 Å². The van der Waals surface area contributed by atoms with Gasteiger partial charge in [-0.2, -0.15) is 0 Å². The molecular formula is C20H15ClN2O2S2. The molecular weight excluding hydrogens is 400 g/mol. The second-order valence-electron chi connectivity index (χ2n) is 5.98. The average molecular weight is 415 g/mol. The summed E-state index contributed by atoms with van der Waals surface area (Å²) in [4.78, 5) is 4.69. The SMILES string of the molecule is O=S(=O)(Nc1ccc(Cc2nc3ccccc3s2)cc1)c1ccccc1Cl. The summed E-state index contributed by atoms with van der Waals surface area (Å²) in [5.41, 5.74) is 2.55. The van der Waals surface area contributed by atoms with Crippen molar-refractivity contribution in [3.63, 3.8) is 0 Å². The van der Waals surface area contributed by atoms with E-state index in [0.717, 1.165) is 20.8 Å². The molecule has 1 N–H and O–H groups in total. The number of fused-ring (bicyclic) bond motifs is 1. The number of halogens is 1. The van der Waals surface area contributed by atoms with E-state index in [-0.39, 0.29) is 9.92 Å². The largest absolute Gasteiger partial charge is 0.280 e. The molecule has 0 fully saturated rings. The first-order chi connectivity index (χ1) is 13.0. The number of nitrogens with one attached hydrogen (secondary N) is 1. The highest BCUT2D eigenvalue weighted by Crippen LogP contribution is 2.26. The van der Waals surface area contributed by atoms with Gasteiger partial charge in [0.05, 0.1) is 20.2 Å². The molecule has 0 spiro atoms. The van der Waals surface area contributed by atoms with E-state index in [1.165, 1.54) is 6.07 Å². The summed E-state index contributed by atoms with van der Waals surface area (Å²) in [5.74, 6) is 0. The zero-order valence-corrected chi connectivity index (χ0v) is 16.5. The van der Waals surface area contributed by atoms with Gasteiger partial charge in [-0.25, -0.2) is 13.4 Å². The van der Waals surface area contributed by atoms with Crippen LogP contribution >= 0.6 is 22.9 Å². The summed E-state index contributed by atoms with van der Waals surface area (Å²) < 4.78 is 28.7. The molecule has 4 rings (SSSR count). The zero-order chi connectivity index (χ0) is 18.9. The molecule has 0 aliphatic heterocycles. The Bertz CT molecular complexity index is 1170. The molecule has 4 nitrogen and oxygen atoms in total. The number of hydrogen-bond donors (Lipinski definition) is 1. The molecule has 0 aliphatic carbocycles. The van der Waals surface area contributed by atoms with Crippen molar-refractivity contribution in [3.8, 4) is 0 Å². The molecule has 0 saturated carbocycles. The number of nitrogens with zero attached hydrogens (tertiary/aromatic N) is 1. The smallest absolute Gasteiger partial charge is 0.263 e. The third-order valence-corrected chi connectivity index (χ3v) is 6.94. The number of hydrogen-bond acceptors (Lipinski definition) is 4. The van der Waals surface area contributed by atoms with Gasteiger partial charge in [-0.05, 0) is 42.0 Å². The van der Waals surface area contributed by atoms with E-state index < -0.39 is 10.0 Å². The first-order valence-electron chi connectivity index (χ1n) is 8.22. The maximum atomic E-state index is 12.5. The van der Waals surface area contributed by atoms with Crippen molar-refractivity contribution in [2.45, 2.75) is 11.3 Å². The number of thiazole rings is 1. The minimum absolute atomic E-state index is 0.0604. The van der Waals surface area contributed by atoms with Crippen molar-refractivity contribution in [1.82, 2.24) is 4.98 Å². The van der Waals surface area contributed by atoms with Crippen LogP contribution in [0.3, 0.4) is 0 Å². The molecule has 0 unspecified atom stereocenters. The van der Waals surface area contributed by atoms with Gasteiger partial charge in [0.25, 0.3) is 10.0 Å². The average Bonchev–Trinajstić information content (AvgIpc) is 3.05. The van der Waals surface area contributed by atoms with E-state index >= 15 is 0 Å². The molecule has 7 heteroatoms. The highest BCUT2D eigenvalue weighted by Gasteiger charge is 2.17. The first-order valence-corrected chi connectivity index (χ1v) is 10.9. The molecule has 0 aliphatic rings. The topological polar surface area (TPSA) is 59.1 Å². The van der Waals surface area contributed by atoms with Crippen molar-refractivity contribution >= 4 is 48.9 Å². The highest BCUT2D eigenvalue weighted by molar-refractivity contribution is 7.92. The summed E-state index contributed by atoms with van der Waals surface area (Å²) in [5, 5.41) is 1.22. The maximum absolute atomic E-state index is 12.5. The Morgan fingerprint density at radius 1 is 0.926 bits per heavy atom. The summed E-state index contributed by atoms with van der Waals surface area (Å²) in [6.45, 7) is 0. The molecule has 4 aromatic rings. The first kappa shape index (κ1) is 18.0. The Hall–Kier alpha value is -2.41. The molecule has 1 heterocycles. The molecule has 0 atom stereocenters. The van der Waals surface area contributed by atoms with E-state index in [4.69, 9.17) is 11.6 Å². The second kappa shape index (κ2) is 7.31. The molecule has 0 bridgehead atoms. The summed E-state index contributed by atoms with van der Waals surface area (Å²) >= 11 is 7.67. The third-order valence-electron chi connectivity index (χ3n) is 4.03. The molecule has 0 amide bonds. The van der Waals surface area contributed by atoms with Crippen LogP contribution < -0.4 is 4.72 Å². The fraction of sp³-hybridized carbons (Fsp3) is 0.0500. The monoisotopic (exact) mass is 414 g/mol. The van der Waals surface area contributed by atoms with Crippen LogP contribution in [0.5, 0.6) is 0 Å². The number of rotatable bonds is 5. The van der Waals surface area contributed by atoms with Crippen molar-refractivity contribution in [2.75, 3.05) is 4.72 Å². The van der Waals surface area contributed by atoms with Gasteiger partial charge >= 0.3 is 0 Å². The molecule has 1 aromatic heterocycles. The number of para-hydroxylation sites is 1. The van der Waals surface area contributed by atoms with E-state index in [0.29, 0.717) is 12.1 Å². The molecule has 0 radical (unpaired) electrons. The molecule has 0 saturated heterocycles. The van der Waals surface area contributed by atoms with Crippen LogP contribution in [0.15, 0.2) is 77.7 Å². The van der Waals surface area contributed by atoms with Crippen molar-refractivity contribution in [3.05, 3.63) is 88.4 Å². The Balaban J connectivity index is 1.51. The van der Waals surface area contributed by atoms with Gasteiger partial charge in [0.15, 0.2) is 0 Å². The van der Waals surface area contributed by atoms with E-state index in [1.54, 1.807) is 41.7 Å². The second-order valence-corrected chi connectivity index (χ2v) is 9.16. The Labute approximate surface area is 166 Å². The Morgan fingerprint density at radius 2 is 1.63 bits per heavy atom. The lowest BCUT2D eigenvalue weighted by molar-refractivity contribution is 0.601. The Morgan fingerprint density at radius 3 is 2.37 bits per heavy atom. The van der Waals surface area contributed by atoms with E-state index in [1.807, 2.05) is 30.3 Å². The van der Waals surface area contributed by atoms with Gasteiger partial charge in [0.1, 0.15) is 4.90 Å². The van der Waals surface area contributed by atoms with Gasteiger partial charge < -0.3 is 0 Å². The molecule has 136 valence electrons. The predicted molar refractivity (Wildman–Crippen MR) is 111 cm³/mol. The quantitative estimate of drug-likeness (QED) is 0.479. The standard InChI is InChI=1S/C20H15ClN2O2S2/c21-16-5-1-4-8-19(16)27(24,25)23-15-11-9-14(10-12-15)13-20-22-17-6-2-3-7-18(17)26-20/h1-12,23H,13H2. The van der Waals surface area contributed by atoms with Crippen LogP contribution in [0.4, 0.5) is 5.69 Å². The van der Waals surface area contributed by atoms with Crippen molar-refractivity contribution in [1.29, 1.82) is 0 Å². The van der Waals surface area contributed by atoms with Gasteiger partial charge in [-0.3, -0.25) is 4.72 Å². The number of sulfonamides is 1. The third kappa shape index (κ3) is 3.98. The van der Waals surface area contributed by atoms with E-state index in [9.17, 15) is 8.42 Å². The lowest BCUT2D eigenvalue weighted by atomic mass is 10.1. The number of aromatic nitrogens is 1. The number of benzene rings is 3. The van der Waals surface area contributed by atoms with Crippen LogP contribution in [0.25, 0.3) is 10.2 Å². The van der Waals surface area contributed by atoms with Gasteiger partial charge in [0, 0.05) is 12.1 Å². The van der Waals surface area contributed by atoms with Crippen LogP contribution in [0.2, 0.25) is 5.02 Å². The summed E-state index contributed by atoms with van der Waals surface area (Å²) in [7, 11) is -3.73. The Kier molecular flexibility index (Phi) is 4.86. The number of anilines is 1.